The Labute approximate surface area is 202 Å². The minimum absolute atomic E-state index is 0.00970. The van der Waals surface area contributed by atoms with Crippen molar-refractivity contribution in [1.82, 2.24) is 9.80 Å². The van der Waals surface area contributed by atoms with E-state index < -0.39 is 0 Å². The van der Waals surface area contributed by atoms with Crippen LogP contribution in [0.5, 0.6) is 5.75 Å². The summed E-state index contributed by atoms with van der Waals surface area (Å²) >= 11 is 1.73. The first kappa shape index (κ1) is 25.0. The molecule has 2 amide bonds. The molecule has 6 heteroatoms. The molecule has 0 bridgehead atoms. The van der Waals surface area contributed by atoms with Crippen molar-refractivity contribution in [2.24, 2.45) is 5.92 Å². The van der Waals surface area contributed by atoms with Crippen LogP contribution in [0.4, 0.5) is 0 Å². The summed E-state index contributed by atoms with van der Waals surface area (Å²) in [6.45, 7) is 13.6. The number of carbonyl (C=O) groups excluding carboxylic acids is 2. The van der Waals surface area contributed by atoms with E-state index in [4.69, 9.17) is 4.74 Å². The average molecular weight is 469 g/mol. The number of nitrogens with zero attached hydrogens (tertiary/aromatic N) is 2. The summed E-state index contributed by atoms with van der Waals surface area (Å²) in [4.78, 5) is 30.9. The number of hydrogen-bond donors (Lipinski definition) is 0. The van der Waals surface area contributed by atoms with Crippen LogP contribution in [0.3, 0.4) is 0 Å². The predicted molar refractivity (Wildman–Crippen MR) is 135 cm³/mol. The highest BCUT2D eigenvalue weighted by Gasteiger charge is 2.33. The molecule has 1 atom stereocenters. The Hall–Kier alpha value is -2.60. The van der Waals surface area contributed by atoms with Crippen LogP contribution < -0.4 is 4.74 Å². The highest BCUT2D eigenvalue weighted by atomic mass is 32.1. The minimum atomic E-state index is -0.164. The standard InChI is InChI=1S/C27H36N2O3S/c1-6-13-28(26(30)16-19(2)3)17-27(31)29-14-11-25-23(12-15-33-25)24(29)18-32-22-9-7-21(8-10-22)20(4)5/h6-10,12,15,19-20,24H,1,11,13-14,16-18H2,2-5H3/t24-/m1/s1. The SMILES string of the molecule is C=CCN(CC(=O)N1CCc2sccc2[C@H]1COc1ccc(C(C)C)cc1)C(=O)CC(C)C. The molecule has 5 nitrogen and oxygen atoms in total. The molecule has 178 valence electrons. The first-order valence-corrected chi connectivity index (χ1v) is 12.6. The zero-order valence-corrected chi connectivity index (χ0v) is 21.1. The number of rotatable bonds is 10. The van der Waals surface area contributed by atoms with Gasteiger partial charge in [0, 0.05) is 24.4 Å². The monoisotopic (exact) mass is 468 g/mol. The largest absolute Gasteiger partial charge is 0.491 e. The Bertz CT molecular complexity index is 949. The molecule has 1 aliphatic heterocycles. The van der Waals surface area contributed by atoms with E-state index in [9.17, 15) is 9.59 Å². The van der Waals surface area contributed by atoms with E-state index in [0.29, 0.717) is 32.0 Å². The molecule has 3 rings (SSSR count). The molecule has 33 heavy (non-hydrogen) atoms. The van der Waals surface area contributed by atoms with Crippen LogP contribution >= 0.6 is 11.3 Å². The number of ether oxygens (including phenoxy) is 1. The second kappa shape index (κ2) is 11.5. The van der Waals surface area contributed by atoms with Gasteiger partial charge in [-0.1, -0.05) is 45.9 Å². The molecule has 0 fully saturated rings. The quantitative estimate of drug-likeness (QED) is 0.437. The fourth-order valence-electron chi connectivity index (χ4n) is 4.14. The molecular weight excluding hydrogens is 432 g/mol. The number of carbonyl (C=O) groups is 2. The van der Waals surface area contributed by atoms with Gasteiger partial charge in [-0.15, -0.1) is 17.9 Å². The zero-order chi connectivity index (χ0) is 24.0. The maximum atomic E-state index is 13.4. The van der Waals surface area contributed by atoms with Crippen molar-refractivity contribution in [1.29, 1.82) is 0 Å². The number of thiophene rings is 1. The fourth-order valence-corrected chi connectivity index (χ4v) is 5.07. The van der Waals surface area contributed by atoms with Gasteiger partial charge < -0.3 is 14.5 Å². The average Bonchev–Trinajstić information content (AvgIpc) is 3.26. The number of benzene rings is 1. The lowest BCUT2D eigenvalue weighted by Gasteiger charge is -2.37. The highest BCUT2D eigenvalue weighted by Crippen LogP contribution is 2.34. The van der Waals surface area contributed by atoms with Gasteiger partial charge in [0.2, 0.25) is 11.8 Å². The lowest BCUT2D eigenvalue weighted by Crippen LogP contribution is -2.48. The molecule has 1 aromatic heterocycles. The van der Waals surface area contributed by atoms with E-state index in [-0.39, 0.29) is 30.3 Å². The molecule has 0 saturated heterocycles. The van der Waals surface area contributed by atoms with E-state index in [1.54, 1.807) is 22.3 Å². The van der Waals surface area contributed by atoms with Gasteiger partial charge in [-0.25, -0.2) is 0 Å². The van der Waals surface area contributed by atoms with Crippen molar-refractivity contribution in [2.75, 3.05) is 26.2 Å². The summed E-state index contributed by atoms with van der Waals surface area (Å²) < 4.78 is 6.15. The molecule has 0 radical (unpaired) electrons. The van der Waals surface area contributed by atoms with Crippen LogP contribution in [0, 0.1) is 5.92 Å². The van der Waals surface area contributed by atoms with Gasteiger partial charge in [-0.3, -0.25) is 9.59 Å². The second-order valence-electron chi connectivity index (χ2n) is 9.35. The lowest BCUT2D eigenvalue weighted by molar-refractivity contribution is -0.142. The Morgan fingerprint density at radius 1 is 1.21 bits per heavy atom. The molecule has 2 aromatic rings. The van der Waals surface area contributed by atoms with Gasteiger partial charge in [0.05, 0.1) is 6.04 Å². The normalized spacial score (nSPS) is 15.5. The molecule has 1 aromatic carbocycles. The van der Waals surface area contributed by atoms with Crippen molar-refractivity contribution in [3.05, 3.63) is 64.4 Å². The maximum Gasteiger partial charge on any atom is 0.242 e. The number of amides is 2. The third-order valence-corrected chi connectivity index (χ3v) is 6.98. The first-order chi connectivity index (χ1) is 15.8. The fraction of sp³-hybridized carbons (Fsp3) is 0.481. The van der Waals surface area contributed by atoms with E-state index >= 15 is 0 Å². The minimum Gasteiger partial charge on any atom is -0.491 e. The Balaban J connectivity index is 1.74. The van der Waals surface area contributed by atoms with Crippen LogP contribution in [0.15, 0.2) is 48.4 Å². The molecule has 0 spiro atoms. The third-order valence-electron chi connectivity index (χ3n) is 5.98. The predicted octanol–water partition coefficient (Wildman–Crippen LogP) is 5.44. The molecule has 2 heterocycles. The maximum absolute atomic E-state index is 13.4. The van der Waals surface area contributed by atoms with Gasteiger partial charge in [0.25, 0.3) is 0 Å². The van der Waals surface area contributed by atoms with Crippen LogP contribution in [0.2, 0.25) is 0 Å². The smallest absolute Gasteiger partial charge is 0.242 e. The van der Waals surface area contributed by atoms with Crippen molar-refractivity contribution >= 4 is 23.2 Å². The van der Waals surface area contributed by atoms with Gasteiger partial charge >= 0.3 is 0 Å². The first-order valence-electron chi connectivity index (χ1n) is 11.8. The van der Waals surface area contributed by atoms with Crippen LogP contribution in [0.25, 0.3) is 0 Å². The molecule has 0 unspecified atom stereocenters. The Kier molecular flexibility index (Phi) is 8.73. The summed E-state index contributed by atoms with van der Waals surface area (Å²) in [6, 6.07) is 10.1. The molecule has 0 aliphatic carbocycles. The molecule has 0 N–H and O–H groups in total. The van der Waals surface area contributed by atoms with E-state index in [2.05, 4.69) is 44.0 Å². The summed E-state index contributed by atoms with van der Waals surface area (Å²) in [5, 5.41) is 2.08. The van der Waals surface area contributed by atoms with Gasteiger partial charge in [0.1, 0.15) is 18.9 Å². The van der Waals surface area contributed by atoms with Crippen molar-refractivity contribution in [3.63, 3.8) is 0 Å². The van der Waals surface area contributed by atoms with Gasteiger partial charge in [0.15, 0.2) is 0 Å². The second-order valence-corrected chi connectivity index (χ2v) is 10.3. The Morgan fingerprint density at radius 2 is 1.94 bits per heavy atom. The van der Waals surface area contributed by atoms with E-state index in [1.165, 1.54) is 10.4 Å². The van der Waals surface area contributed by atoms with Crippen molar-refractivity contribution in [3.8, 4) is 5.75 Å². The molecular formula is C27H36N2O3S. The summed E-state index contributed by atoms with van der Waals surface area (Å²) in [5.41, 5.74) is 2.42. The summed E-state index contributed by atoms with van der Waals surface area (Å²) in [7, 11) is 0. The zero-order valence-electron chi connectivity index (χ0n) is 20.3. The summed E-state index contributed by atoms with van der Waals surface area (Å²) in [6.07, 6.45) is 2.94. The third kappa shape index (κ3) is 6.47. The van der Waals surface area contributed by atoms with Crippen LogP contribution in [0.1, 0.15) is 62.1 Å². The number of fused-ring (bicyclic) bond motifs is 1. The van der Waals surface area contributed by atoms with E-state index in [0.717, 1.165) is 17.7 Å². The van der Waals surface area contributed by atoms with Crippen molar-refractivity contribution in [2.45, 2.75) is 52.5 Å². The summed E-state index contributed by atoms with van der Waals surface area (Å²) in [5.74, 6) is 1.45. The van der Waals surface area contributed by atoms with Crippen LogP contribution in [-0.2, 0) is 16.0 Å². The number of hydrogen-bond acceptors (Lipinski definition) is 4. The van der Waals surface area contributed by atoms with E-state index in [1.807, 2.05) is 30.9 Å². The molecule has 1 aliphatic rings. The topological polar surface area (TPSA) is 49.9 Å². The highest BCUT2D eigenvalue weighted by molar-refractivity contribution is 7.10. The van der Waals surface area contributed by atoms with Gasteiger partial charge in [-0.2, -0.15) is 0 Å². The molecule has 0 saturated carbocycles. The Morgan fingerprint density at radius 3 is 2.58 bits per heavy atom. The van der Waals surface area contributed by atoms with Crippen LogP contribution in [-0.4, -0.2) is 47.9 Å². The lowest BCUT2D eigenvalue weighted by atomic mass is 10.00. The van der Waals surface area contributed by atoms with Gasteiger partial charge in [-0.05, 0) is 53.0 Å². The van der Waals surface area contributed by atoms with Crippen molar-refractivity contribution < 1.29 is 14.3 Å².